The van der Waals surface area contributed by atoms with Gasteiger partial charge in [-0.1, -0.05) is 41.9 Å². The van der Waals surface area contributed by atoms with Gasteiger partial charge in [0.1, 0.15) is 0 Å². The number of aryl methyl sites for hydroxylation is 1. The van der Waals surface area contributed by atoms with E-state index in [1.807, 2.05) is 0 Å². The van der Waals surface area contributed by atoms with Crippen LogP contribution in [0.25, 0.3) is 0 Å². The SMILES string of the molecule is CCCOCC(NCC)c1ccc(C)cc1Br. The first-order valence-electron chi connectivity index (χ1n) is 6.26. The second-order valence-corrected chi connectivity index (χ2v) is 5.06. The number of halogens is 1. The third-order valence-corrected chi connectivity index (χ3v) is 3.30. The summed E-state index contributed by atoms with van der Waals surface area (Å²) in [6.07, 6.45) is 1.06. The second kappa shape index (κ2) is 7.85. The first kappa shape index (κ1) is 14.7. The summed E-state index contributed by atoms with van der Waals surface area (Å²) in [7, 11) is 0. The Morgan fingerprint density at radius 2 is 2.12 bits per heavy atom. The van der Waals surface area contributed by atoms with Crippen LogP contribution in [0.5, 0.6) is 0 Å². The van der Waals surface area contributed by atoms with Crippen LogP contribution in [0.4, 0.5) is 0 Å². The molecule has 0 saturated heterocycles. The van der Waals surface area contributed by atoms with Crippen molar-refractivity contribution < 1.29 is 4.74 Å². The molecule has 17 heavy (non-hydrogen) atoms. The minimum Gasteiger partial charge on any atom is -0.379 e. The number of nitrogens with one attached hydrogen (secondary N) is 1. The Morgan fingerprint density at radius 1 is 1.35 bits per heavy atom. The lowest BCUT2D eigenvalue weighted by Gasteiger charge is -2.20. The Hall–Kier alpha value is -0.380. The molecule has 0 radical (unpaired) electrons. The van der Waals surface area contributed by atoms with Crippen molar-refractivity contribution in [2.45, 2.75) is 33.2 Å². The van der Waals surface area contributed by atoms with E-state index >= 15 is 0 Å². The van der Waals surface area contributed by atoms with Crippen LogP contribution < -0.4 is 5.32 Å². The maximum atomic E-state index is 5.65. The molecule has 96 valence electrons. The van der Waals surface area contributed by atoms with Crippen LogP contribution in [0.15, 0.2) is 22.7 Å². The van der Waals surface area contributed by atoms with E-state index < -0.39 is 0 Å². The van der Waals surface area contributed by atoms with Crippen LogP contribution in [-0.4, -0.2) is 19.8 Å². The Bertz CT molecular complexity index is 341. The third-order valence-electron chi connectivity index (χ3n) is 2.61. The highest BCUT2D eigenvalue weighted by Gasteiger charge is 2.13. The Kier molecular flexibility index (Phi) is 6.78. The first-order chi connectivity index (χ1) is 8.19. The smallest absolute Gasteiger partial charge is 0.0661 e. The summed E-state index contributed by atoms with van der Waals surface area (Å²) in [5.74, 6) is 0. The molecule has 0 aliphatic heterocycles. The minimum atomic E-state index is 0.265. The van der Waals surface area contributed by atoms with E-state index in [4.69, 9.17) is 4.74 Å². The molecule has 1 atom stereocenters. The van der Waals surface area contributed by atoms with Crippen molar-refractivity contribution in [2.75, 3.05) is 19.8 Å². The van der Waals surface area contributed by atoms with Gasteiger partial charge in [-0.05, 0) is 37.1 Å². The standard InChI is InChI=1S/C14H22BrNO/c1-4-8-17-10-14(16-5-2)12-7-6-11(3)9-13(12)15/h6-7,9,14,16H,4-5,8,10H2,1-3H3. The van der Waals surface area contributed by atoms with E-state index in [9.17, 15) is 0 Å². The van der Waals surface area contributed by atoms with Crippen molar-refractivity contribution in [1.82, 2.24) is 5.32 Å². The van der Waals surface area contributed by atoms with E-state index in [2.05, 4.69) is 60.2 Å². The molecule has 0 aliphatic carbocycles. The van der Waals surface area contributed by atoms with Gasteiger partial charge in [-0.3, -0.25) is 0 Å². The second-order valence-electron chi connectivity index (χ2n) is 4.21. The van der Waals surface area contributed by atoms with Crippen LogP contribution >= 0.6 is 15.9 Å². The molecule has 0 heterocycles. The topological polar surface area (TPSA) is 21.3 Å². The van der Waals surface area contributed by atoms with Gasteiger partial charge < -0.3 is 10.1 Å². The molecule has 1 rings (SSSR count). The van der Waals surface area contributed by atoms with Gasteiger partial charge in [0.25, 0.3) is 0 Å². The summed E-state index contributed by atoms with van der Waals surface area (Å²) in [6.45, 7) is 8.85. The molecule has 1 unspecified atom stereocenters. The average molecular weight is 300 g/mol. The molecule has 0 bridgehead atoms. The van der Waals surface area contributed by atoms with Gasteiger partial charge in [-0.15, -0.1) is 0 Å². The highest BCUT2D eigenvalue weighted by atomic mass is 79.9. The normalized spacial score (nSPS) is 12.7. The zero-order valence-electron chi connectivity index (χ0n) is 10.9. The quantitative estimate of drug-likeness (QED) is 0.773. The van der Waals surface area contributed by atoms with Crippen molar-refractivity contribution >= 4 is 15.9 Å². The third kappa shape index (κ3) is 4.78. The van der Waals surface area contributed by atoms with Gasteiger partial charge >= 0.3 is 0 Å². The van der Waals surface area contributed by atoms with Crippen molar-refractivity contribution in [1.29, 1.82) is 0 Å². The summed E-state index contributed by atoms with van der Waals surface area (Å²) in [5, 5.41) is 3.46. The molecule has 3 heteroatoms. The fourth-order valence-corrected chi connectivity index (χ4v) is 2.53. The average Bonchev–Trinajstić information content (AvgIpc) is 2.28. The number of benzene rings is 1. The zero-order chi connectivity index (χ0) is 12.7. The molecule has 0 amide bonds. The predicted octanol–water partition coefficient (Wildman–Crippen LogP) is 3.83. The highest BCUT2D eigenvalue weighted by Crippen LogP contribution is 2.25. The monoisotopic (exact) mass is 299 g/mol. The fourth-order valence-electron chi connectivity index (χ4n) is 1.77. The molecule has 0 aliphatic rings. The molecule has 0 fully saturated rings. The number of rotatable bonds is 7. The molecular formula is C14H22BrNO. The van der Waals surface area contributed by atoms with Gasteiger partial charge in [0, 0.05) is 11.1 Å². The molecule has 0 spiro atoms. The lowest BCUT2D eigenvalue weighted by atomic mass is 10.1. The maximum Gasteiger partial charge on any atom is 0.0661 e. The van der Waals surface area contributed by atoms with Gasteiger partial charge in [-0.2, -0.15) is 0 Å². The van der Waals surface area contributed by atoms with Crippen molar-refractivity contribution in [3.63, 3.8) is 0 Å². The van der Waals surface area contributed by atoms with Crippen LogP contribution in [0, 0.1) is 6.92 Å². The van der Waals surface area contributed by atoms with Crippen LogP contribution in [0.3, 0.4) is 0 Å². The van der Waals surface area contributed by atoms with Crippen LogP contribution in [-0.2, 0) is 4.74 Å². The largest absolute Gasteiger partial charge is 0.379 e. The van der Waals surface area contributed by atoms with Crippen molar-refractivity contribution in [2.24, 2.45) is 0 Å². The van der Waals surface area contributed by atoms with Gasteiger partial charge in [-0.25, -0.2) is 0 Å². The van der Waals surface area contributed by atoms with Crippen LogP contribution in [0.1, 0.15) is 37.4 Å². The lowest BCUT2D eigenvalue weighted by molar-refractivity contribution is 0.112. The Balaban J connectivity index is 2.74. The summed E-state index contributed by atoms with van der Waals surface area (Å²) < 4.78 is 6.81. The van der Waals surface area contributed by atoms with Gasteiger partial charge in [0.15, 0.2) is 0 Å². The van der Waals surface area contributed by atoms with Gasteiger partial charge in [0.05, 0.1) is 12.6 Å². The Labute approximate surface area is 113 Å². The highest BCUT2D eigenvalue weighted by molar-refractivity contribution is 9.10. The zero-order valence-corrected chi connectivity index (χ0v) is 12.5. The Morgan fingerprint density at radius 3 is 2.71 bits per heavy atom. The number of hydrogen-bond acceptors (Lipinski definition) is 2. The number of ether oxygens (including phenoxy) is 1. The van der Waals surface area contributed by atoms with E-state index in [-0.39, 0.29) is 6.04 Å². The number of hydrogen-bond donors (Lipinski definition) is 1. The fraction of sp³-hybridized carbons (Fsp3) is 0.571. The minimum absolute atomic E-state index is 0.265. The molecule has 1 aromatic carbocycles. The van der Waals surface area contributed by atoms with E-state index in [0.29, 0.717) is 0 Å². The molecule has 2 nitrogen and oxygen atoms in total. The molecule has 1 aromatic rings. The maximum absolute atomic E-state index is 5.65. The summed E-state index contributed by atoms with van der Waals surface area (Å²) in [5.41, 5.74) is 2.54. The van der Waals surface area contributed by atoms with E-state index in [1.54, 1.807) is 0 Å². The van der Waals surface area contributed by atoms with E-state index in [0.717, 1.165) is 30.7 Å². The molecule has 0 saturated carbocycles. The predicted molar refractivity (Wildman–Crippen MR) is 76.4 cm³/mol. The van der Waals surface area contributed by atoms with E-state index in [1.165, 1.54) is 11.1 Å². The first-order valence-corrected chi connectivity index (χ1v) is 7.05. The van der Waals surface area contributed by atoms with Crippen LogP contribution in [0.2, 0.25) is 0 Å². The number of likely N-dealkylation sites (N-methyl/N-ethyl adjacent to an activating group) is 1. The summed E-state index contributed by atoms with van der Waals surface area (Å²) >= 11 is 3.63. The van der Waals surface area contributed by atoms with Crippen molar-refractivity contribution in [3.05, 3.63) is 33.8 Å². The molecular weight excluding hydrogens is 278 g/mol. The summed E-state index contributed by atoms with van der Waals surface area (Å²) in [6, 6.07) is 6.73. The summed E-state index contributed by atoms with van der Waals surface area (Å²) in [4.78, 5) is 0. The lowest BCUT2D eigenvalue weighted by Crippen LogP contribution is -2.26. The molecule has 1 N–H and O–H groups in total. The van der Waals surface area contributed by atoms with Gasteiger partial charge in [0.2, 0.25) is 0 Å². The van der Waals surface area contributed by atoms with Crippen molar-refractivity contribution in [3.8, 4) is 0 Å². The molecule has 0 aromatic heterocycles.